The van der Waals surface area contributed by atoms with E-state index in [1.807, 2.05) is 18.2 Å². The third-order valence-corrected chi connectivity index (χ3v) is 4.50. The predicted octanol–water partition coefficient (Wildman–Crippen LogP) is 3.18. The van der Waals surface area contributed by atoms with Gasteiger partial charge >= 0.3 is 5.97 Å². The molecule has 0 N–H and O–H groups in total. The van der Waals surface area contributed by atoms with Crippen molar-refractivity contribution in [2.45, 2.75) is 24.3 Å². The summed E-state index contributed by atoms with van der Waals surface area (Å²) in [6.07, 6.45) is 3.84. The van der Waals surface area contributed by atoms with Gasteiger partial charge in [-0.15, -0.1) is 0 Å². The smallest absolute Gasteiger partial charge is 0.305 e. The number of ether oxygens (including phenoxy) is 2. The summed E-state index contributed by atoms with van der Waals surface area (Å²) in [6.45, 7) is 1.08. The first-order valence-electron chi connectivity index (χ1n) is 6.18. The Bertz CT molecular complexity index is 349. The van der Waals surface area contributed by atoms with Crippen LogP contribution in [-0.4, -0.2) is 37.0 Å². The van der Waals surface area contributed by atoms with Gasteiger partial charge in [0, 0.05) is 38.5 Å². The Hall–Kier alpha value is -0.720. The quantitative estimate of drug-likeness (QED) is 0.376. The molecule has 0 aliphatic carbocycles. The van der Waals surface area contributed by atoms with Crippen molar-refractivity contribution in [2.24, 2.45) is 0 Å². The van der Waals surface area contributed by atoms with Crippen molar-refractivity contribution in [1.82, 2.24) is 4.98 Å². The highest BCUT2D eigenvalue weighted by Crippen LogP contribution is 2.29. The van der Waals surface area contributed by atoms with Crippen LogP contribution in [0.4, 0.5) is 0 Å². The topological polar surface area (TPSA) is 48.4 Å². The van der Waals surface area contributed by atoms with E-state index in [4.69, 9.17) is 9.47 Å². The minimum absolute atomic E-state index is 0.125. The highest BCUT2D eigenvalue weighted by Gasteiger charge is 2.03. The Morgan fingerprint density at radius 2 is 2.21 bits per heavy atom. The fourth-order valence-electron chi connectivity index (χ4n) is 1.24. The molecule has 0 radical (unpaired) electrons. The van der Waals surface area contributed by atoms with Gasteiger partial charge in [0.15, 0.2) is 0 Å². The second-order valence-electron chi connectivity index (χ2n) is 3.74. The molecule has 0 bridgehead atoms. The molecule has 0 saturated heterocycles. The predicted molar refractivity (Wildman–Crippen MR) is 79.2 cm³/mol. The van der Waals surface area contributed by atoms with Crippen molar-refractivity contribution < 1.29 is 14.3 Å². The van der Waals surface area contributed by atoms with E-state index in [1.165, 1.54) is 0 Å². The molecule has 0 aliphatic heterocycles. The summed E-state index contributed by atoms with van der Waals surface area (Å²) in [4.78, 5) is 15.6. The summed E-state index contributed by atoms with van der Waals surface area (Å²) in [5.41, 5.74) is 0. The molecule has 1 rings (SSSR count). The lowest BCUT2D eigenvalue weighted by atomic mass is 10.3. The Balaban J connectivity index is 1.94. The Morgan fingerprint density at radius 3 is 2.95 bits per heavy atom. The molecule has 106 valence electrons. The van der Waals surface area contributed by atoms with E-state index < -0.39 is 0 Å². The van der Waals surface area contributed by atoms with E-state index in [0.717, 1.165) is 23.6 Å². The minimum Gasteiger partial charge on any atom is -0.466 e. The van der Waals surface area contributed by atoms with E-state index in [-0.39, 0.29) is 5.97 Å². The molecule has 0 atom stereocenters. The average molecular weight is 301 g/mol. The van der Waals surface area contributed by atoms with E-state index in [9.17, 15) is 4.79 Å². The van der Waals surface area contributed by atoms with Crippen molar-refractivity contribution in [1.29, 1.82) is 0 Å². The van der Waals surface area contributed by atoms with Crippen LogP contribution < -0.4 is 0 Å². The Kier molecular flexibility index (Phi) is 9.57. The van der Waals surface area contributed by atoms with Gasteiger partial charge in [-0.05, 0) is 29.3 Å². The summed E-state index contributed by atoms with van der Waals surface area (Å²) >= 11 is 0. The average Bonchev–Trinajstić information content (AvgIpc) is 2.44. The van der Waals surface area contributed by atoms with Crippen LogP contribution in [0.25, 0.3) is 0 Å². The van der Waals surface area contributed by atoms with E-state index >= 15 is 0 Å². The molecule has 0 fully saturated rings. The number of carbonyl (C=O) groups is 1. The number of rotatable bonds is 10. The van der Waals surface area contributed by atoms with Crippen molar-refractivity contribution in [3.05, 3.63) is 24.4 Å². The number of hydrogen-bond donors (Lipinski definition) is 0. The number of methoxy groups -OCH3 is 1. The van der Waals surface area contributed by atoms with Crippen LogP contribution in [-0.2, 0) is 14.3 Å². The van der Waals surface area contributed by atoms with Gasteiger partial charge in [0.25, 0.3) is 0 Å². The highest BCUT2D eigenvalue weighted by molar-refractivity contribution is 8.76. The first-order valence-corrected chi connectivity index (χ1v) is 8.50. The maximum atomic E-state index is 11.3. The van der Waals surface area contributed by atoms with Crippen LogP contribution in [0.2, 0.25) is 0 Å². The van der Waals surface area contributed by atoms with Gasteiger partial charge in [-0.25, -0.2) is 4.98 Å². The van der Waals surface area contributed by atoms with E-state index in [1.54, 1.807) is 34.9 Å². The lowest BCUT2D eigenvalue weighted by Crippen LogP contribution is -2.07. The van der Waals surface area contributed by atoms with Crippen LogP contribution in [0.1, 0.15) is 19.3 Å². The summed E-state index contributed by atoms with van der Waals surface area (Å²) in [5, 5.41) is 0.995. The fraction of sp³-hybridized carbons (Fsp3) is 0.538. The maximum Gasteiger partial charge on any atom is 0.305 e. The normalized spacial score (nSPS) is 10.4. The van der Waals surface area contributed by atoms with Gasteiger partial charge in [0.05, 0.1) is 6.61 Å². The number of nitrogens with zero attached hydrogens (tertiary/aromatic N) is 1. The SMILES string of the molecule is COCCCOC(=O)CCCSSc1ccccn1. The molecule has 1 heterocycles. The largest absolute Gasteiger partial charge is 0.466 e. The Morgan fingerprint density at radius 1 is 1.32 bits per heavy atom. The first kappa shape index (κ1) is 16.3. The van der Waals surface area contributed by atoms with Crippen LogP contribution >= 0.6 is 21.6 Å². The number of aromatic nitrogens is 1. The van der Waals surface area contributed by atoms with Gasteiger partial charge in [-0.1, -0.05) is 16.9 Å². The number of hydrogen-bond acceptors (Lipinski definition) is 6. The van der Waals surface area contributed by atoms with Crippen molar-refractivity contribution in [2.75, 3.05) is 26.1 Å². The van der Waals surface area contributed by atoms with E-state index in [2.05, 4.69) is 4.98 Å². The lowest BCUT2D eigenvalue weighted by Gasteiger charge is -2.04. The molecule has 0 amide bonds. The van der Waals surface area contributed by atoms with Gasteiger partial charge in [-0.3, -0.25) is 4.79 Å². The van der Waals surface area contributed by atoms with Gasteiger partial charge in [0.2, 0.25) is 0 Å². The molecule has 0 spiro atoms. The number of carbonyl (C=O) groups excluding carboxylic acids is 1. The first-order chi connectivity index (χ1) is 9.33. The summed E-state index contributed by atoms with van der Waals surface area (Å²) in [5.74, 6) is 0.786. The maximum absolute atomic E-state index is 11.3. The highest BCUT2D eigenvalue weighted by atomic mass is 33.1. The van der Waals surface area contributed by atoms with Crippen molar-refractivity contribution in [3.8, 4) is 0 Å². The van der Waals surface area contributed by atoms with Crippen molar-refractivity contribution >= 4 is 27.6 Å². The molecular weight excluding hydrogens is 282 g/mol. The van der Waals surface area contributed by atoms with Gasteiger partial charge in [-0.2, -0.15) is 0 Å². The molecule has 0 unspecified atom stereocenters. The third kappa shape index (κ3) is 8.91. The summed E-state index contributed by atoms with van der Waals surface area (Å²) in [7, 11) is 4.98. The third-order valence-electron chi connectivity index (χ3n) is 2.15. The minimum atomic E-state index is -0.125. The molecule has 0 aromatic carbocycles. The fourth-order valence-corrected chi connectivity index (χ4v) is 3.20. The second-order valence-corrected chi connectivity index (χ2v) is 6.18. The zero-order chi connectivity index (χ0) is 13.8. The molecular formula is C13H19NO3S2. The molecule has 19 heavy (non-hydrogen) atoms. The molecule has 6 heteroatoms. The summed E-state index contributed by atoms with van der Waals surface area (Å²) in [6, 6.07) is 5.84. The van der Waals surface area contributed by atoms with E-state index in [0.29, 0.717) is 19.6 Å². The standard InChI is InChI=1S/C13H19NO3S2/c1-16-9-5-10-17-13(15)7-4-11-18-19-12-6-2-3-8-14-12/h2-3,6,8H,4-5,7,9-11H2,1H3. The zero-order valence-corrected chi connectivity index (χ0v) is 12.7. The van der Waals surface area contributed by atoms with Crippen molar-refractivity contribution in [3.63, 3.8) is 0 Å². The molecule has 1 aromatic rings. The number of esters is 1. The second kappa shape index (κ2) is 11.1. The van der Waals surface area contributed by atoms with Gasteiger partial charge < -0.3 is 9.47 Å². The number of pyridine rings is 1. The molecule has 4 nitrogen and oxygen atoms in total. The zero-order valence-electron chi connectivity index (χ0n) is 11.0. The van der Waals surface area contributed by atoms with Crippen LogP contribution in [0, 0.1) is 0 Å². The molecule has 0 saturated carbocycles. The molecule has 1 aromatic heterocycles. The summed E-state index contributed by atoms with van der Waals surface area (Å²) < 4.78 is 9.94. The van der Waals surface area contributed by atoms with Crippen LogP contribution in [0.15, 0.2) is 29.4 Å². The van der Waals surface area contributed by atoms with Crippen LogP contribution in [0.5, 0.6) is 0 Å². The van der Waals surface area contributed by atoms with Gasteiger partial charge in [0.1, 0.15) is 5.03 Å². The van der Waals surface area contributed by atoms with Crippen LogP contribution in [0.3, 0.4) is 0 Å². The Labute approximate surface area is 122 Å². The lowest BCUT2D eigenvalue weighted by molar-refractivity contribution is -0.143. The monoisotopic (exact) mass is 301 g/mol. The molecule has 0 aliphatic rings.